The van der Waals surface area contributed by atoms with E-state index in [1.807, 2.05) is 19.9 Å². The summed E-state index contributed by atoms with van der Waals surface area (Å²) in [5.74, 6) is 1.35. The molecule has 3 rings (SSSR count). The number of carbonyl (C=O) groups excluding carboxylic acids is 2. The summed E-state index contributed by atoms with van der Waals surface area (Å²) in [7, 11) is 0. The summed E-state index contributed by atoms with van der Waals surface area (Å²) in [5.41, 5.74) is 0.492. The van der Waals surface area contributed by atoms with Crippen LogP contribution in [0.25, 0.3) is 0 Å². The topological polar surface area (TPSA) is 34.1 Å². The molecule has 4 atom stereocenters. The molecule has 0 spiro atoms. The maximum absolute atomic E-state index is 13.1. The van der Waals surface area contributed by atoms with Crippen LogP contribution in [0.5, 0.6) is 0 Å². The summed E-state index contributed by atoms with van der Waals surface area (Å²) >= 11 is 0. The number of hydrogen-bond donors (Lipinski definition) is 0. The van der Waals surface area contributed by atoms with Gasteiger partial charge in [0.25, 0.3) is 0 Å². The summed E-state index contributed by atoms with van der Waals surface area (Å²) in [5, 5.41) is 0. The number of carbonyl (C=O) groups is 2. The Balaban J connectivity index is 2.05. The zero-order valence-corrected chi connectivity index (χ0v) is 14.4. The molecule has 0 aromatic heterocycles. The Kier molecular flexibility index (Phi) is 3.33. The van der Waals surface area contributed by atoms with Crippen molar-refractivity contribution < 1.29 is 9.59 Å². The van der Waals surface area contributed by atoms with Gasteiger partial charge in [0.15, 0.2) is 0 Å². The van der Waals surface area contributed by atoms with Gasteiger partial charge in [-0.15, -0.1) is 6.58 Å². The van der Waals surface area contributed by atoms with E-state index < -0.39 is 5.41 Å². The molecule has 22 heavy (non-hydrogen) atoms. The zero-order valence-electron chi connectivity index (χ0n) is 14.4. The fourth-order valence-electron chi connectivity index (χ4n) is 5.22. The second kappa shape index (κ2) is 4.66. The van der Waals surface area contributed by atoms with Crippen molar-refractivity contribution in [1.29, 1.82) is 0 Å². The Hall–Kier alpha value is -1.18. The third kappa shape index (κ3) is 1.92. The van der Waals surface area contributed by atoms with Crippen LogP contribution in [-0.4, -0.2) is 11.6 Å². The van der Waals surface area contributed by atoms with Gasteiger partial charge in [-0.25, -0.2) is 0 Å². The van der Waals surface area contributed by atoms with Gasteiger partial charge in [0.2, 0.25) is 0 Å². The van der Waals surface area contributed by atoms with Crippen molar-refractivity contribution in [2.75, 3.05) is 0 Å². The number of fused-ring (bicyclic) bond motifs is 3. The molecule has 2 fully saturated rings. The first-order valence-corrected chi connectivity index (χ1v) is 8.56. The van der Waals surface area contributed by atoms with Crippen molar-refractivity contribution >= 4 is 11.6 Å². The van der Waals surface area contributed by atoms with E-state index in [9.17, 15) is 9.59 Å². The summed E-state index contributed by atoms with van der Waals surface area (Å²) in [6, 6.07) is 0. The van der Waals surface area contributed by atoms with Crippen LogP contribution >= 0.6 is 0 Å². The molecule has 0 bridgehead atoms. The second-order valence-electron chi connectivity index (χ2n) is 8.68. The maximum atomic E-state index is 13.1. The molecule has 0 aromatic carbocycles. The quantitative estimate of drug-likeness (QED) is 0.668. The molecule has 0 unspecified atom stereocenters. The molecule has 0 radical (unpaired) electrons. The van der Waals surface area contributed by atoms with Gasteiger partial charge in [-0.05, 0) is 50.4 Å². The van der Waals surface area contributed by atoms with Crippen molar-refractivity contribution in [3.8, 4) is 0 Å². The second-order valence-corrected chi connectivity index (χ2v) is 8.68. The lowest BCUT2D eigenvalue weighted by Crippen LogP contribution is -2.55. The monoisotopic (exact) mass is 300 g/mol. The van der Waals surface area contributed by atoms with Gasteiger partial charge in [0.05, 0.1) is 0 Å². The third-order valence-corrected chi connectivity index (χ3v) is 7.02. The van der Waals surface area contributed by atoms with E-state index in [4.69, 9.17) is 0 Å². The predicted octanol–water partition coefficient (Wildman–Crippen LogP) is 4.50. The van der Waals surface area contributed by atoms with E-state index in [2.05, 4.69) is 26.5 Å². The molecule has 0 aliphatic heterocycles. The van der Waals surface area contributed by atoms with Crippen molar-refractivity contribution in [3.05, 3.63) is 24.3 Å². The van der Waals surface area contributed by atoms with Gasteiger partial charge in [-0.1, -0.05) is 31.6 Å². The number of hydrogen-bond acceptors (Lipinski definition) is 2. The molecule has 2 heteroatoms. The van der Waals surface area contributed by atoms with Gasteiger partial charge < -0.3 is 0 Å². The predicted molar refractivity (Wildman–Crippen MR) is 88.4 cm³/mol. The number of Topliss-reactive ketones (excluding diaryl/α,β-unsaturated/α-hetero) is 2. The van der Waals surface area contributed by atoms with E-state index in [-0.39, 0.29) is 16.7 Å². The highest BCUT2D eigenvalue weighted by molar-refractivity contribution is 5.92. The first-order chi connectivity index (χ1) is 10.1. The van der Waals surface area contributed by atoms with Crippen LogP contribution in [0.1, 0.15) is 59.8 Å². The molecule has 120 valence electrons. The minimum Gasteiger partial charge on any atom is -0.299 e. The summed E-state index contributed by atoms with van der Waals surface area (Å²) < 4.78 is 0. The average Bonchev–Trinajstić information content (AvgIpc) is 2.45. The largest absolute Gasteiger partial charge is 0.299 e. The van der Waals surface area contributed by atoms with Gasteiger partial charge in [0, 0.05) is 23.7 Å². The molecular formula is C20H28O2. The average molecular weight is 300 g/mol. The molecule has 0 amide bonds. The number of ketones is 2. The highest BCUT2D eigenvalue weighted by Gasteiger charge is 2.58. The van der Waals surface area contributed by atoms with Gasteiger partial charge >= 0.3 is 0 Å². The smallest absolute Gasteiger partial charge is 0.142 e. The minimum atomic E-state index is -0.392. The molecule has 0 heterocycles. The first-order valence-electron chi connectivity index (χ1n) is 8.56. The molecule has 3 aliphatic carbocycles. The Labute approximate surface area is 134 Å². The third-order valence-electron chi connectivity index (χ3n) is 7.02. The highest BCUT2D eigenvalue weighted by atomic mass is 16.1. The van der Waals surface area contributed by atoms with Crippen molar-refractivity contribution in [2.24, 2.45) is 28.1 Å². The lowest BCUT2D eigenvalue weighted by molar-refractivity contribution is -0.146. The van der Waals surface area contributed by atoms with E-state index >= 15 is 0 Å². The summed E-state index contributed by atoms with van der Waals surface area (Å²) in [4.78, 5) is 25.4. The molecule has 3 aliphatic rings. The first kappa shape index (κ1) is 15.7. The fraction of sp³-hybridized carbons (Fsp3) is 0.700. The number of allylic oxidation sites excluding steroid dienone is 3. The maximum Gasteiger partial charge on any atom is 0.142 e. The van der Waals surface area contributed by atoms with Crippen molar-refractivity contribution in [2.45, 2.75) is 59.8 Å². The number of rotatable bonds is 1. The molecular weight excluding hydrogens is 272 g/mol. The van der Waals surface area contributed by atoms with Crippen molar-refractivity contribution in [1.82, 2.24) is 0 Å². The Morgan fingerprint density at radius 3 is 2.50 bits per heavy atom. The molecule has 2 nitrogen and oxygen atoms in total. The van der Waals surface area contributed by atoms with Crippen LogP contribution in [0.3, 0.4) is 0 Å². The van der Waals surface area contributed by atoms with Crippen LogP contribution < -0.4 is 0 Å². The van der Waals surface area contributed by atoms with E-state index in [1.54, 1.807) is 0 Å². The lowest BCUT2D eigenvalue weighted by atomic mass is 9.46. The summed E-state index contributed by atoms with van der Waals surface area (Å²) in [6.07, 6.45) is 8.28. The van der Waals surface area contributed by atoms with Crippen LogP contribution in [0.2, 0.25) is 0 Å². The molecule has 2 saturated carbocycles. The molecule has 0 N–H and O–H groups in total. The van der Waals surface area contributed by atoms with Crippen LogP contribution in [0.4, 0.5) is 0 Å². The minimum absolute atomic E-state index is 0.0629. The standard InChI is InChI=1S/C20H28O2/c1-6-19(4)11-13-7-8-14-15(20(13,5)17(22)12-19)9-10-16(21)18(14,2)3/h6,8,13,15H,1,7,9-12H2,2-5H3/t13-,15-,19+,20-/m1/s1. The Morgan fingerprint density at radius 1 is 1.18 bits per heavy atom. The van der Waals surface area contributed by atoms with Crippen LogP contribution in [0.15, 0.2) is 24.3 Å². The van der Waals surface area contributed by atoms with Crippen LogP contribution in [-0.2, 0) is 9.59 Å². The van der Waals surface area contributed by atoms with E-state index in [0.29, 0.717) is 30.3 Å². The molecule has 0 aromatic rings. The van der Waals surface area contributed by atoms with Crippen molar-refractivity contribution in [3.63, 3.8) is 0 Å². The zero-order chi connectivity index (χ0) is 16.3. The Morgan fingerprint density at radius 2 is 1.86 bits per heavy atom. The lowest BCUT2D eigenvalue weighted by Gasteiger charge is -2.56. The molecule has 0 saturated heterocycles. The van der Waals surface area contributed by atoms with Gasteiger partial charge in [-0.3, -0.25) is 9.59 Å². The van der Waals surface area contributed by atoms with Gasteiger partial charge in [0.1, 0.15) is 11.6 Å². The fourth-order valence-corrected chi connectivity index (χ4v) is 5.22. The SMILES string of the molecule is C=C[C@]1(C)CC(=O)[C@]2(C)[C@H](CC=C3[C@H]2CCC(=O)C3(C)C)C1. The van der Waals surface area contributed by atoms with E-state index in [1.165, 1.54) is 5.57 Å². The normalized spacial score (nSPS) is 43.9. The Bertz CT molecular complexity index is 583. The van der Waals surface area contributed by atoms with Gasteiger partial charge in [-0.2, -0.15) is 0 Å². The summed E-state index contributed by atoms with van der Waals surface area (Å²) in [6.45, 7) is 12.4. The highest BCUT2D eigenvalue weighted by Crippen LogP contribution is 2.61. The van der Waals surface area contributed by atoms with Crippen LogP contribution in [0, 0.1) is 28.1 Å². The van der Waals surface area contributed by atoms with E-state index in [0.717, 1.165) is 19.3 Å².